The third kappa shape index (κ3) is 3.29. The van der Waals surface area contributed by atoms with Gasteiger partial charge >= 0.3 is 0 Å². The number of rotatable bonds is 5. The maximum atomic E-state index is 12.3. The number of non-ortho nitro benzene ring substituents is 1. The van der Waals surface area contributed by atoms with Gasteiger partial charge in [0, 0.05) is 29.9 Å². The summed E-state index contributed by atoms with van der Waals surface area (Å²) < 4.78 is 27.1. The number of nitro benzene ring substituents is 1. The summed E-state index contributed by atoms with van der Waals surface area (Å²) in [4.78, 5) is 13.2. The molecular weight excluding hydrogens is 330 g/mol. The number of aromatic nitrogens is 1. The molecule has 7 nitrogen and oxygen atoms in total. The first-order chi connectivity index (χ1) is 11.3. The van der Waals surface area contributed by atoms with Crippen molar-refractivity contribution in [2.45, 2.75) is 18.4 Å². The molecule has 2 N–H and O–H groups in total. The highest BCUT2D eigenvalue weighted by atomic mass is 32.2. The molecule has 0 bridgehead atoms. The van der Waals surface area contributed by atoms with Gasteiger partial charge < -0.3 is 4.98 Å². The van der Waals surface area contributed by atoms with E-state index in [0.717, 1.165) is 28.2 Å². The van der Waals surface area contributed by atoms with Gasteiger partial charge in [-0.2, -0.15) is 0 Å². The SMILES string of the molecule is Cc1cc2cc(CNS(=O)(=O)c3cccc([N+](=O)[O-])c3)ccc2[nH]1. The average Bonchev–Trinajstić information content (AvgIpc) is 2.92. The van der Waals surface area contributed by atoms with E-state index in [0.29, 0.717) is 0 Å². The Kier molecular flexibility index (Phi) is 4.08. The number of nitrogens with zero attached hydrogens (tertiary/aromatic N) is 1. The van der Waals surface area contributed by atoms with Gasteiger partial charge in [-0.05, 0) is 42.1 Å². The van der Waals surface area contributed by atoms with Gasteiger partial charge in [-0.3, -0.25) is 10.1 Å². The van der Waals surface area contributed by atoms with Crippen LogP contribution in [-0.4, -0.2) is 18.3 Å². The van der Waals surface area contributed by atoms with Gasteiger partial charge in [-0.25, -0.2) is 13.1 Å². The molecule has 0 saturated carbocycles. The number of sulfonamides is 1. The summed E-state index contributed by atoms with van der Waals surface area (Å²) in [6, 6.07) is 12.6. The van der Waals surface area contributed by atoms with Crippen LogP contribution in [0, 0.1) is 17.0 Å². The van der Waals surface area contributed by atoms with Gasteiger partial charge in [0.15, 0.2) is 0 Å². The number of hydrogen-bond donors (Lipinski definition) is 2. The summed E-state index contributed by atoms with van der Waals surface area (Å²) >= 11 is 0. The van der Waals surface area contributed by atoms with Gasteiger partial charge in [0.2, 0.25) is 10.0 Å². The van der Waals surface area contributed by atoms with Crippen molar-refractivity contribution in [3.63, 3.8) is 0 Å². The van der Waals surface area contributed by atoms with Crippen LogP contribution in [0.3, 0.4) is 0 Å². The highest BCUT2D eigenvalue weighted by Crippen LogP contribution is 2.19. The van der Waals surface area contributed by atoms with Crippen LogP contribution in [0.4, 0.5) is 5.69 Å². The average molecular weight is 345 g/mol. The number of benzene rings is 2. The topological polar surface area (TPSA) is 105 Å². The third-order valence-corrected chi connectivity index (χ3v) is 5.02. The molecule has 8 heteroatoms. The summed E-state index contributed by atoms with van der Waals surface area (Å²) in [5, 5.41) is 11.8. The minimum Gasteiger partial charge on any atom is -0.359 e. The normalized spacial score (nSPS) is 11.7. The Morgan fingerprint density at radius 2 is 1.96 bits per heavy atom. The highest BCUT2D eigenvalue weighted by Gasteiger charge is 2.17. The number of fused-ring (bicyclic) bond motifs is 1. The molecule has 1 heterocycles. The minimum absolute atomic E-state index is 0.102. The summed E-state index contributed by atoms with van der Waals surface area (Å²) in [5.41, 5.74) is 2.55. The van der Waals surface area contributed by atoms with Crippen LogP contribution in [-0.2, 0) is 16.6 Å². The summed E-state index contributed by atoms with van der Waals surface area (Å²) in [6.07, 6.45) is 0. The zero-order valence-corrected chi connectivity index (χ0v) is 13.6. The van der Waals surface area contributed by atoms with Crippen molar-refractivity contribution >= 4 is 26.6 Å². The lowest BCUT2D eigenvalue weighted by Gasteiger charge is -2.07. The van der Waals surface area contributed by atoms with Crippen molar-refractivity contribution in [2.75, 3.05) is 0 Å². The lowest BCUT2D eigenvalue weighted by Crippen LogP contribution is -2.23. The standard InChI is InChI=1S/C16H15N3O4S/c1-11-7-13-8-12(5-6-16(13)18-11)10-17-24(22,23)15-4-2-3-14(9-15)19(20)21/h2-9,17-18H,10H2,1H3. The van der Waals surface area contributed by atoms with Crippen LogP contribution in [0.15, 0.2) is 53.4 Å². The molecule has 124 valence electrons. The zero-order chi connectivity index (χ0) is 17.3. The molecule has 0 aliphatic rings. The molecule has 0 aliphatic heterocycles. The zero-order valence-electron chi connectivity index (χ0n) is 12.8. The molecule has 0 saturated heterocycles. The van der Waals surface area contributed by atoms with E-state index in [9.17, 15) is 18.5 Å². The summed E-state index contributed by atoms with van der Waals surface area (Å²) in [5.74, 6) is 0. The van der Waals surface area contributed by atoms with Crippen LogP contribution < -0.4 is 4.72 Å². The van der Waals surface area contributed by atoms with Gasteiger partial charge in [0.25, 0.3) is 5.69 Å². The minimum atomic E-state index is -3.82. The van der Waals surface area contributed by atoms with Crippen molar-refractivity contribution in [1.29, 1.82) is 0 Å². The summed E-state index contributed by atoms with van der Waals surface area (Å²) in [6.45, 7) is 2.05. The van der Waals surface area contributed by atoms with E-state index in [1.54, 1.807) is 0 Å². The van der Waals surface area contributed by atoms with E-state index in [-0.39, 0.29) is 17.1 Å². The van der Waals surface area contributed by atoms with Crippen LogP contribution in [0.1, 0.15) is 11.3 Å². The number of aryl methyl sites for hydroxylation is 1. The van der Waals surface area contributed by atoms with Crippen LogP contribution in [0.2, 0.25) is 0 Å². The monoisotopic (exact) mass is 345 g/mol. The quantitative estimate of drug-likeness (QED) is 0.548. The molecule has 0 radical (unpaired) electrons. The number of aromatic amines is 1. The first-order valence-electron chi connectivity index (χ1n) is 7.17. The first kappa shape index (κ1) is 16.2. The molecular formula is C16H15N3O4S. The largest absolute Gasteiger partial charge is 0.359 e. The Morgan fingerprint density at radius 1 is 1.17 bits per heavy atom. The molecule has 0 fully saturated rings. The number of nitrogens with one attached hydrogen (secondary N) is 2. The fourth-order valence-corrected chi connectivity index (χ4v) is 3.52. The van der Waals surface area contributed by atoms with Gasteiger partial charge in [-0.15, -0.1) is 0 Å². The second-order valence-corrected chi connectivity index (χ2v) is 7.22. The van der Waals surface area contributed by atoms with E-state index in [1.807, 2.05) is 31.2 Å². The fraction of sp³-hybridized carbons (Fsp3) is 0.125. The lowest BCUT2D eigenvalue weighted by atomic mass is 10.1. The molecule has 0 unspecified atom stereocenters. The number of nitro groups is 1. The first-order valence-corrected chi connectivity index (χ1v) is 8.66. The molecule has 0 amide bonds. The molecule has 3 aromatic rings. The molecule has 2 aromatic carbocycles. The Morgan fingerprint density at radius 3 is 2.71 bits per heavy atom. The predicted molar refractivity (Wildman–Crippen MR) is 90.2 cm³/mol. The maximum absolute atomic E-state index is 12.3. The molecule has 3 rings (SSSR count). The van der Waals surface area contributed by atoms with E-state index in [1.165, 1.54) is 18.2 Å². The second-order valence-electron chi connectivity index (χ2n) is 5.45. The van der Waals surface area contributed by atoms with E-state index in [2.05, 4.69) is 9.71 Å². The van der Waals surface area contributed by atoms with Crippen molar-refractivity contribution in [3.05, 3.63) is 69.9 Å². The van der Waals surface area contributed by atoms with Gasteiger partial charge in [-0.1, -0.05) is 12.1 Å². The van der Waals surface area contributed by atoms with E-state index >= 15 is 0 Å². The Bertz CT molecular complexity index is 1020. The molecule has 0 spiro atoms. The van der Waals surface area contributed by atoms with Crippen molar-refractivity contribution in [2.24, 2.45) is 0 Å². The maximum Gasteiger partial charge on any atom is 0.270 e. The Labute approximate surface area is 138 Å². The van der Waals surface area contributed by atoms with Crippen molar-refractivity contribution < 1.29 is 13.3 Å². The van der Waals surface area contributed by atoms with Gasteiger partial charge in [0.1, 0.15) is 0 Å². The van der Waals surface area contributed by atoms with Crippen molar-refractivity contribution in [1.82, 2.24) is 9.71 Å². The highest BCUT2D eigenvalue weighted by molar-refractivity contribution is 7.89. The van der Waals surface area contributed by atoms with Crippen LogP contribution >= 0.6 is 0 Å². The molecule has 24 heavy (non-hydrogen) atoms. The summed E-state index contributed by atoms with van der Waals surface area (Å²) in [7, 11) is -3.82. The van der Waals surface area contributed by atoms with Crippen LogP contribution in [0.5, 0.6) is 0 Å². The van der Waals surface area contributed by atoms with E-state index in [4.69, 9.17) is 0 Å². The molecule has 1 aromatic heterocycles. The Hall–Kier alpha value is -2.71. The fourth-order valence-electron chi connectivity index (χ4n) is 2.46. The third-order valence-electron chi connectivity index (χ3n) is 3.62. The Balaban J connectivity index is 1.81. The predicted octanol–water partition coefficient (Wildman–Crippen LogP) is 2.86. The smallest absolute Gasteiger partial charge is 0.270 e. The molecule has 0 aliphatic carbocycles. The second kappa shape index (κ2) is 6.06. The molecule has 0 atom stereocenters. The number of hydrogen-bond acceptors (Lipinski definition) is 4. The lowest BCUT2D eigenvalue weighted by molar-refractivity contribution is -0.385. The van der Waals surface area contributed by atoms with Crippen LogP contribution in [0.25, 0.3) is 10.9 Å². The van der Waals surface area contributed by atoms with Crippen molar-refractivity contribution in [3.8, 4) is 0 Å². The van der Waals surface area contributed by atoms with E-state index < -0.39 is 14.9 Å². The number of H-pyrrole nitrogens is 1. The van der Waals surface area contributed by atoms with Gasteiger partial charge in [0.05, 0.1) is 9.82 Å².